The van der Waals surface area contributed by atoms with Crippen LogP contribution in [0.3, 0.4) is 0 Å². The van der Waals surface area contributed by atoms with E-state index < -0.39 is 0 Å². The lowest BCUT2D eigenvalue weighted by molar-refractivity contribution is 0.0920. The van der Waals surface area contributed by atoms with Crippen molar-refractivity contribution in [3.05, 3.63) is 58.9 Å². The van der Waals surface area contributed by atoms with Crippen molar-refractivity contribution in [2.24, 2.45) is 0 Å². The number of benzene rings is 2. The van der Waals surface area contributed by atoms with E-state index >= 15 is 0 Å². The Balaban J connectivity index is 2.01. The number of para-hydroxylation sites is 1. The average Bonchev–Trinajstić information content (AvgIpc) is 2.66. The van der Waals surface area contributed by atoms with Gasteiger partial charge in [0.25, 0.3) is 5.56 Å². The Bertz CT molecular complexity index is 952. The maximum absolute atomic E-state index is 13.1. The minimum atomic E-state index is -0.0722. The van der Waals surface area contributed by atoms with Crippen molar-refractivity contribution in [1.29, 1.82) is 0 Å². The maximum Gasteiger partial charge on any atom is 0.266 e. The lowest BCUT2D eigenvalue weighted by Crippen LogP contribution is -2.22. The van der Waals surface area contributed by atoms with E-state index in [1.807, 2.05) is 69.3 Å². The van der Waals surface area contributed by atoms with Crippen molar-refractivity contribution in [2.75, 3.05) is 19.0 Å². The fraction of sp³-hybridized carbons (Fsp3) is 0.333. The highest BCUT2D eigenvalue weighted by molar-refractivity contribution is 7.99. The quantitative estimate of drug-likeness (QED) is 0.329. The molecule has 0 bridgehead atoms. The molecule has 1 aromatic heterocycles. The molecule has 0 atom stereocenters. The molecule has 0 aliphatic carbocycles. The Morgan fingerprint density at radius 1 is 1.11 bits per heavy atom. The Hall–Kier alpha value is -2.31. The normalized spacial score (nSPS) is 11.3. The molecule has 27 heavy (non-hydrogen) atoms. The molecule has 5 nitrogen and oxygen atoms in total. The number of thioether (sulfide) groups is 1. The second kappa shape index (κ2) is 9.06. The van der Waals surface area contributed by atoms with Gasteiger partial charge in [0, 0.05) is 5.75 Å². The minimum absolute atomic E-state index is 0.0722. The van der Waals surface area contributed by atoms with Crippen LogP contribution in [0.15, 0.2) is 58.5 Å². The second-order valence-corrected chi connectivity index (χ2v) is 7.31. The summed E-state index contributed by atoms with van der Waals surface area (Å²) in [6, 6.07) is 15.0. The van der Waals surface area contributed by atoms with Crippen molar-refractivity contribution in [2.45, 2.75) is 32.0 Å². The Morgan fingerprint density at radius 2 is 1.85 bits per heavy atom. The first-order valence-electron chi connectivity index (χ1n) is 9.09. The van der Waals surface area contributed by atoms with Gasteiger partial charge in [-0.2, -0.15) is 0 Å². The first-order chi connectivity index (χ1) is 13.1. The summed E-state index contributed by atoms with van der Waals surface area (Å²) in [5.41, 5.74) is 1.41. The summed E-state index contributed by atoms with van der Waals surface area (Å²) >= 11 is 1.52. The molecule has 0 spiro atoms. The van der Waals surface area contributed by atoms with Crippen LogP contribution < -0.4 is 10.3 Å². The summed E-state index contributed by atoms with van der Waals surface area (Å²) in [5.74, 6) is 1.50. The van der Waals surface area contributed by atoms with Gasteiger partial charge in [-0.05, 0) is 57.2 Å². The fourth-order valence-corrected chi connectivity index (χ4v) is 3.55. The molecule has 3 aromatic rings. The van der Waals surface area contributed by atoms with E-state index in [1.54, 1.807) is 4.57 Å². The topological polar surface area (TPSA) is 53.4 Å². The van der Waals surface area contributed by atoms with Crippen LogP contribution in [0.4, 0.5) is 0 Å². The van der Waals surface area contributed by atoms with Crippen molar-refractivity contribution >= 4 is 22.7 Å². The molecule has 3 rings (SSSR count). The smallest absolute Gasteiger partial charge is 0.266 e. The second-order valence-electron chi connectivity index (χ2n) is 6.25. The van der Waals surface area contributed by atoms with Crippen molar-refractivity contribution in [1.82, 2.24) is 9.55 Å². The van der Waals surface area contributed by atoms with Gasteiger partial charge < -0.3 is 9.47 Å². The third-order valence-corrected chi connectivity index (χ3v) is 4.82. The van der Waals surface area contributed by atoms with Crippen LogP contribution in [0.2, 0.25) is 0 Å². The third-order valence-electron chi connectivity index (χ3n) is 3.92. The Labute approximate surface area is 163 Å². The van der Waals surface area contributed by atoms with Gasteiger partial charge >= 0.3 is 0 Å². The van der Waals surface area contributed by atoms with Gasteiger partial charge in [0.1, 0.15) is 5.75 Å². The number of aromatic nitrogens is 2. The number of nitrogens with zero attached hydrogens (tertiary/aromatic N) is 2. The van der Waals surface area contributed by atoms with Crippen LogP contribution in [0.1, 0.15) is 20.8 Å². The van der Waals surface area contributed by atoms with Crippen LogP contribution in [-0.2, 0) is 4.74 Å². The Kier molecular flexibility index (Phi) is 6.53. The number of hydrogen-bond acceptors (Lipinski definition) is 5. The molecule has 0 aliphatic heterocycles. The highest BCUT2D eigenvalue weighted by Crippen LogP contribution is 2.23. The zero-order valence-corrected chi connectivity index (χ0v) is 16.7. The summed E-state index contributed by atoms with van der Waals surface area (Å²) < 4.78 is 12.8. The molecule has 0 unspecified atom stereocenters. The lowest BCUT2D eigenvalue weighted by atomic mass is 10.2. The van der Waals surface area contributed by atoms with E-state index in [0.29, 0.717) is 29.3 Å². The van der Waals surface area contributed by atoms with Crippen LogP contribution in [0.5, 0.6) is 5.75 Å². The zero-order chi connectivity index (χ0) is 19.2. The molecule has 0 N–H and O–H groups in total. The number of ether oxygens (including phenoxy) is 2. The largest absolute Gasteiger partial charge is 0.494 e. The van der Waals surface area contributed by atoms with E-state index in [1.165, 1.54) is 11.8 Å². The van der Waals surface area contributed by atoms with Crippen molar-refractivity contribution in [3.63, 3.8) is 0 Å². The summed E-state index contributed by atoms with van der Waals surface area (Å²) in [4.78, 5) is 17.9. The van der Waals surface area contributed by atoms with E-state index in [4.69, 9.17) is 14.5 Å². The predicted molar refractivity (Wildman–Crippen MR) is 110 cm³/mol. The summed E-state index contributed by atoms with van der Waals surface area (Å²) in [5, 5.41) is 1.27. The monoisotopic (exact) mass is 384 g/mol. The average molecular weight is 385 g/mol. The van der Waals surface area contributed by atoms with Gasteiger partial charge in [-0.15, -0.1) is 0 Å². The van der Waals surface area contributed by atoms with Crippen LogP contribution in [0, 0.1) is 0 Å². The summed E-state index contributed by atoms with van der Waals surface area (Å²) in [6.07, 6.45) is 0.184. The number of fused-ring (bicyclic) bond motifs is 1. The molecular weight excluding hydrogens is 360 g/mol. The standard InChI is InChI=1S/C21H24N2O3S/c1-4-25-17-11-9-16(10-12-17)23-20(24)18-7-5-6-8-19(18)22-21(23)27-14-13-26-15(2)3/h5-12,15H,4,13-14H2,1-3H3. The fourth-order valence-electron chi connectivity index (χ4n) is 2.71. The van der Waals surface area contributed by atoms with E-state index in [-0.39, 0.29) is 11.7 Å². The van der Waals surface area contributed by atoms with Gasteiger partial charge in [-0.3, -0.25) is 9.36 Å². The van der Waals surface area contributed by atoms with Crippen molar-refractivity contribution < 1.29 is 9.47 Å². The van der Waals surface area contributed by atoms with Crippen molar-refractivity contribution in [3.8, 4) is 11.4 Å². The number of rotatable bonds is 8. The molecule has 0 amide bonds. The van der Waals surface area contributed by atoms with Gasteiger partial charge in [-0.25, -0.2) is 4.98 Å². The first kappa shape index (κ1) is 19.5. The molecule has 0 fully saturated rings. The van der Waals surface area contributed by atoms with Gasteiger partial charge in [0.05, 0.1) is 35.9 Å². The third kappa shape index (κ3) is 4.70. The van der Waals surface area contributed by atoms with Gasteiger partial charge in [-0.1, -0.05) is 23.9 Å². The van der Waals surface area contributed by atoms with Crippen LogP contribution >= 0.6 is 11.8 Å². The SMILES string of the molecule is CCOc1ccc(-n2c(SCCOC(C)C)nc3ccccc3c2=O)cc1. The first-order valence-corrected chi connectivity index (χ1v) is 10.1. The molecule has 0 saturated carbocycles. The van der Waals surface area contributed by atoms with Gasteiger partial charge in [0.15, 0.2) is 5.16 Å². The Morgan fingerprint density at radius 3 is 2.56 bits per heavy atom. The molecule has 0 aliphatic rings. The van der Waals surface area contributed by atoms with E-state index in [2.05, 4.69) is 0 Å². The molecule has 6 heteroatoms. The summed E-state index contributed by atoms with van der Waals surface area (Å²) in [7, 11) is 0. The molecule has 0 saturated heterocycles. The number of hydrogen-bond donors (Lipinski definition) is 0. The zero-order valence-electron chi connectivity index (χ0n) is 15.8. The predicted octanol–water partition coefficient (Wildman–Crippen LogP) is 4.30. The van der Waals surface area contributed by atoms with E-state index in [9.17, 15) is 4.79 Å². The molecular formula is C21H24N2O3S. The lowest BCUT2D eigenvalue weighted by Gasteiger charge is -2.14. The van der Waals surface area contributed by atoms with Crippen LogP contribution in [-0.4, -0.2) is 34.6 Å². The maximum atomic E-state index is 13.1. The van der Waals surface area contributed by atoms with Gasteiger partial charge in [0.2, 0.25) is 0 Å². The highest BCUT2D eigenvalue weighted by atomic mass is 32.2. The molecule has 142 valence electrons. The van der Waals surface area contributed by atoms with E-state index in [0.717, 1.165) is 17.2 Å². The molecule has 1 heterocycles. The molecule has 2 aromatic carbocycles. The van der Waals surface area contributed by atoms with Crippen LogP contribution in [0.25, 0.3) is 16.6 Å². The highest BCUT2D eigenvalue weighted by Gasteiger charge is 2.13. The molecule has 0 radical (unpaired) electrons. The summed E-state index contributed by atoms with van der Waals surface area (Å²) in [6.45, 7) is 7.17. The minimum Gasteiger partial charge on any atom is -0.494 e.